The van der Waals surface area contributed by atoms with E-state index in [1.54, 1.807) is 4.90 Å². The van der Waals surface area contributed by atoms with Crippen LogP contribution in [0.1, 0.15) is 36.8 Å². The first-order valence-electron chi connectivity index (χ1n) is 7.78. The summed E-state index contributed by atoms with van der Waals surface area (Å²) in [6.07, 6.45) is 0.138. The van der Waals surface area contributed by atoms with E-state index in [1.165, 1.54) is 11.3 Å². The lowest BCUT2D eigenvalue weighted by molar-refractivity contribution is 0.128. The Hall–Kier alpha value is -1.92. The van der Waals surface area contributed by atoms with Crippen LogP contribution >= 0.6 is 11.3 Å². The van der Waals surface area contributed by atoms with Gasteiger partial charge < -0.3 is 10.0 Å². The lowest BCUT2D eigenvalue weighted by Gasteiger charge is -2.24. The molecule has 2 amide bonds. The van der Waals surface area contributed by atoms with Crippen molar-refractivity contribution in [1.82, 2.24) is 9.88 Å². The van der Waals surface area contributed by atoms with Gasteiger partial charge in [-0.3, -0.25) is 5.32 Å². The molecule has 1 aromatic heterocycles. The number of hydrogen-bond donors (Lipinski definition) is 2. The molecule has 0 saturated carbocycles. The molecule has 2 N–H and O–H groups in total. The fourth-order valence-electron chi connectivity index (χ4n) is 2.16. The van der Waals surface area contributed by atoms with E-state index < -0.39 is 6.10 Å². The van der Waals surface area contributed by atoms with Crippen molar-refractivity contribution in [2.24, 2.45) is 0 Å². The zero-order valence-corrected chi connectivity index (χ0v) is 14.6. The number of thiazole rings is 1. The van der Waals surface area contributed by atoms with E-state index in [1.807, 2.05) is 50.4 Å². The summed E-state index contributed by atoms with van der Waals surface area (Å²) >= 11 is 1.41. The second-order valence-electron chi connectivity index (χ2n) is 5.39. The normalized spacial score (nSPS) is 12.0. The molecule has 0 aliphatic carbocycles. The van der Waals surface area contributed by atoms with Gasteiger partial charge in [-0.2, -0.15) is 0 Å². The summed E-state index contributed by atoms with van der Waals surface area (Å²) in [5, 5.41) is 15.7. The van der Waals surface area contributed by atoms with Crippen molar-refractivity contribution in [3.8, 4) is 0 Å². The average Bonchev–Trinajstić information content (AvgIpc) is 3.00. The smallest absolute Gasteiger partial charge is 0.323 e. The molecule has 23 heavy (non-hydrogen) atoms. The van der Waals surface area contributed by atoms with Gasteiger partial charge in [-0.05, 0) is 25.8 Å². The molecule has 0 aliphatic rings. The number of nitrogens with one attached hydrogen (secondary N) is 1. The molecule has 1 heterocycles. The summed E-state index contributed by atoms with van der Waals surface area (Å²) in [6, 6.07) is 7.45. The van der Waals surface area contributed by atoms with E-state index in [-0.39, 0.29) is 12.6 Å². The summed E-state index contributed by atoms with van der Waals surface area (Å²) < 4.78 is 0. The summed E-state index contributed by atoms with van der Waals surface area (Å²) in [7, 11) is 0. The number of aliphatic hydroxyl groups excluding tert-OH is 1. The SMILES string of the molecule is CCc1csc(NC(=O)N(CC)CC(O)c2ccc(C)cc2)n1. The molecule has 2 aromatic rings. The third kappa shape index (κ3) is 4.77. The van der Waals surface area contributed by atoms with Gasteiger partial charge >= 0.3 is 6.03 Å². The minimum absolute atomic E-state index is 0.240. The second-order valence-corrected chi connectivity index (χ2v) is 6.25. The predicted molar refractivity (Wildman–Crippen MR) is 93.9 cm³/mol. The van der Waals surface area contributed by atoms with E-state index in [0.29, 0.717) is 11.7 Å². The molecule has 5 nitrogen and oxygen atoms in total. The van der Waals surface area contributed by atoms with E-state index in [4.69, 9.17) is 0 Å². The number of nitrogens with zero attached hydrogens (tertiary/aromatic N) is 2. The third-order valence-corrected chi connectivity index (χ3v) is 4.46. The van der Waals surface area contributed by atoms with Crippen LogP contribution in [-0.2, 0) is 6.42 Å². The van der Waals surface area contributed by atoms with Crippen LogP contribution in [-0.4, -0.2) is 34.1 Å². The Morgan fingerprint density at radius 3 is 2.61 bits per heavy atom. The van der Waals surface area contributed by atoms with Crippen molar-refractivity contribution in [3.05, 3.63) is 46.5 Å². The molecule has 1 aromatic carbocycles. The highest BCUT2D eigenvalue weighted by atomic mass is 32.1. The standard InChI is InChI=1S/C17H23N3O2S/c1-4-14-11-23-16(18-14)19-17(22)20(5-2)10-15(21)13-8-6-12(3)7-9-13/h6-9,11,15,21H,4-5,10H2,1-3H3,(H,18,19,22). The zero-order chi connectivity index (χ0) is 16.8. The van der Waals surface area contributed by atoms with Crippen LogP contribution in [0.25, 0.3) is 0 Å². The molecule has 6 heteroatoms. The highest BCUT2D eigenvalue weighted by molar-refractivity contribution is 7.13. The molecule has 1 unspecified atom stereocenters. The number of anilines is 1. The van der Waals surface area contributed by atoms with Crippen LogP contribution < -0.4 is 5.32 Å². The number of rotatable bonds is 6. The first kappa shape index (κ1) is 17.4. The van der Waals surface area contributed by atoms with Crippen LogP contribution in [0.4, 0.5) is 9.93 Å². The molecule has 2 rings (SSSR count). The Morgan fingerprint density at radius 1 is 1.35 bits per heavy atom. The lowest BCUT2D eigenvalue weighted by Crippen LogP contribution is -2.37. The number of aryl methyl sites for hydroxylation is 2. The van der Waals surface area contributed by atoms with Crippen molar-refractivity contribution in [2.45, 2.75) is 33.3 Å². The van der Waals surface area contributed by atoms with Crippen molar-refractivity contribution < 1.29 is 9.90 Å². The average molecular weight is 333 g/mol. The van der Waals surface area contributed by atoms with Crippen LogP contribution in [0.2, 0.25) is 0 Å². The molecule has 124 valence electrons. The molecule has 0 saturated heterocycles. The van der Waals surface area contributed by atoms with Gasteiger partial charge in [-0.25, -0.2) is 9.78 Å². The maximum absolute atomic E-state index is 12.3. The van der Waals surface area contributed by atoms with Gasteiger partial charge in [-0.1, -0.05) is 36.8 Å². The summed E-state index contributed by atoms with van der Waals surface area (Å²) in [6.45, 7) is 6.68. The van der Waals surface area contributed by atoms with Crippen molar-refractivity contribution in [1.29, 1.82) is 0 Å². The van der Waals surface area contributed by atoms with Gasteiger partial charge in [0.25, 0.3) is 0 Å². The Labute approximate surface area is 141 Å². The number of carbonyl (C=O) groups is 1. The van der Waals surface area contributed by atoms with Crippen LogP contribution in [0.15, 0.2) is 29.6 Å². The van der Waals surface area contributed by atoms with Crippen molar-refractivity contribution in [2.75, 3.05) is 18.4 Å². The highest BCUT2D eigenvalue weighted by Crippen LogP contribution is 2.18. The van der Waals surface area contributed by atoms with E-state index in [0.717, 1.165) is 23.2 Å². The highest BCUT2D eigenvalue weighted by Gasteiger charge is 2.18. The maximum atomic E-state index is 12.3. The Balaban J connectivity index is 1.97. The number of aliphatic hydroxyl groups is 1. The first-order chi connectivity index (χ1) is 11.0. The van der Waals surface area contributed by atoms with Gasteiger partial charge in [0, 0.05) is 11.9 Å². The van der Waals surface area contributed by atoms with Crippen LogP contribution in [0.5, 0.6) is 0 Å². The molecule has 0 bridgehead atoms. The second kappa shape index (κ2) is 8.08. The maximum Gasteiger partial charge on any atom is 0.323 e. The molecule has 0 spiro atoms. The Morgan fingerprint density at radius 2 is 2.04 bits per heavy atom. The predicted octanol–water partition coefficient (Wildman–Crippen LogP) is 3.60. The van der Waals surface area contributed by atoms with Crippen LogP contribution in [0.3, 0.4) is 0 Å². The minimum atomic E-state index is -0.705. The number of hydrogen-bond acceptors (Lipinski definition) is 4. The zero-order valence-electron chi connectivity index (χ0n) is 13.7. The number of urea groups is 1. The van der Waals surface area contributed by atoms with Gasteiger partial charge in [0.2, 0.25) is 0 Å². The number of amides is 2. The molecule has 0 aliphatic heterocycles. The lowest BCUT2D eigenvalue weighted by atomic mass is 10.1. The fourth-order valence-corrected chi connectivity index (χ4v) is 2.94. The molecule has 0 fully saturated rings. The summed E-state index contributed by atoms with van der Waals surface area (Å²) in [4.78, 5) is 18.2. The first-order valence-corrected chi connectivity index (χ1v) is 8.66. The van der Waals surface area contributed by atoms with Gasteiger partial charge in [-0.15, -0.1) is 11.3 Å². The number of benzene rings is 1. The number of likely N-dealkylation sites (N-methyl/N-ethyl adjacent to an activating group) is 1. The van der Waals surface area contributed by atoms with Crippen LogP contribution in [0, 0.1) is 6.92 Å². The third-order valence-electron chi connectivity index (χ3n) is 3.65. The van der Waals surface area contributed by atoms with Gasteiger partial charge in [0.05, 0.1) is 18.3 Å². The topological polar surface area (TPSA) is 65.5 Å². The molecule has 0 radical (unpaired) electrons. The summed E-state index contributed by atoms with van der Waals surface area (Å²) in [5.41, 5.74) is 2.92. The molecular weight excluding hydrogens is 310 g/mol. The van der Waals surface area contributed by atoms with E-state index in [2.05, 4.69) is 10.3 Å². The number of aromatic nitrogens is 1. The van der Waals surface area contributed by atoms with E-state index in [9.17, 15) is 9.90 Å². The number of carbonyl (C=O) groups excluding carboxylic acids is 1. The van der Waals surface area contributed by atoms with Gasteiger partial charge in [0.1, 0.15) is 0 Å². The molecule has 1 atom stereocenters. The Kier molecular flexibility index (Phi) is 6.12. The van der Waals surface area contributed by atoms with E-state index >= 15 is 0 Å². The Bertz CT molecular complexity index is 640. The van der Waals surface area contributed by atoms with Crippen molar-refractivity contribution >= 4 is 22.5 Å². The van der Waals surface area contributed by atoms with Gasteiger partial charge in [0.15, 0.2) is 5.13 Å². The quantitative estimate of drug-likeness (QED) is 0.849. The minimum Gasteiger partial charge on any atom is -0.387 e. The fraction of sp³-hybridized carbons (Fsp3) is 0.412. The largest absolute Gasteiger partial charge is 0.387 e. The summed E-state index contributed by atoms with van der Waals surface area (Å²) in [5.74, 6) is 0. The molecular formula is C17H23N3O2S. The van der Waals surface area contributed by atoms with Crippen molar-refractivity contribution in [3.63, 3.8) is 0 Å². The monoisotopic (exact) mass is 333 g/mol.